The highest BCUT2D eigenvalue weighted by Gasteiger charge is 2.03. The minimum absolute atomic E-state index is 0.851. The van der Waals surface area contributed by atoms with E-state index in [0.29, 0.717) is 0 Å². The molecule has 0 aliphatic carbocycles. The van der Waals surface area contributed by atoms with Crippen molar-refractivity contribution in [2.45, 2.75) is 13.0 Å². The van der Waals surface area contributed by atoms with Crippen LogP contribution in [0.25, 0.3) is 11.3 Å². The molecule has 0 unspecified atom stereocenters. The number of aryl methyl sites for hydroxylation is 2. The molecule has 0 saturated heterocycles. The molecule has 0 atom stereocenters. The average molecular weight is 249 g/mol. The maximum atomic E-state index is 4.21. The normalized spacial score (nSPS) is 10.5. The van der Waals surface area contributed by atoms with Crippen molar-refractivity contribution in [3.05, 3.63) is 72.4 Å². The summed E-state index contributed by atoms with van der Waals surface area (Å²) in [6.45, 7) is 0.851. The van der Waals surface area contributed by atoms with Crippen molar-refractivity contribution in [1.82, 2.24) is 15.0 Å². The van der Waals surface area contributed by atoms with Gasteiger partial charge in [-0.1, -0.05) is 65.9 Å². The van der Waals surface area contributed by atoms with Crippen LogP contribution < -0.4 is 0 Å². The van der Waals surface area contributed by atoms with Crippen molar-refractivity contribution in [2.75, 3.05) is 0 Å². The SMILES string of the molecule is c1ccc(CCn2cc(-c3ccccc3)nn2)cc1. The molecule has 0 amide bonds. The van der Waals surface area contributed by atoms with E-state index in [0.717, 1.165) is 24.2 Å². The third-order valence-corrected chi connectivity index (χ3v) is 3.08. The Morgan fingerprint density at radius 3 is 2.26 bits per heavy atom. The van der Waals surface area contributed by atoms with Gasteiger partial charge >= 0.3 is 0 Å². The Kier molecular flexibility index (Phi) is 3.36. The molecule has 0 aliphatic rings. The number of nitrogens with zero attached hydrogens (tertiary/aromatic N) is 3. The van der Waals surface area contributed by atoms with Crippen LogP contribution in [0.3, 0.4) is 0 Å². The molecule has 0 spiro atoms. The van der Waals surface area contributed by atoms with Crippen molar-refractivity contribution in [1.29, 1.82) is 0 Å². The minimum atomic E-state index is 0.851. The molecule has 0 saturated carbocycles. The highest BCUT2D eigenvalue weighted by molar-refractivity contribution is 5.57. The molecule has 3 rings (SSSR count). The molecule has 0 bridgehead atoms. The zero-order valence-electron chi connectivity index (χ0n) is 10.6. The Hall–Kier alpha value is -2.42. The lowest BCUT2D eigenvalue weighted by molar-refractivity contribution is 0.589. The van der Waals surface area contributed by atoms with Gasteiger partial charge in [0.2, 0.25) is 0 Å². The fourth-order valence-electron chi connectivity index (χ4n) is 2.04. The van der Waals surface area contributed by atoms with Gasteiger partial charge in [-0.2, -0.15) is 0 Å². The lowest BCUT2D eigenvalue weighted by Crippen LogP contribution is -2.01. The zero-order valence-corrected chi connectivity index (χ0v) is 10.6. The van der Waals surface area contributed by atoms with E-state index >= 15 is 0 Å². The van der Waals surface area contributed by atoms with Crippen molar-refractivity contribution in [3.63, 3.8) is 0 Å². The van der Waals surface area contributed by atoms with E-state index in [1.54, 1.807) is 0 Å². The van der Waals surface area contributed by atoms with Crippen molar-refractivity contribution >= 4 is 0 Å². The van der Waals surface area contributed by atoms with E-state index in [9.17, 15) is 0 Å². The van der Waals surface area contributed by atoms with Crippen LogP contribution in [-0.4, -0.2) is 15.0 Å². The van der Waals surface area contributed by atoms with Crippen LogP contribution in [0.1, 0.15) is 5.56 Å². The summed E-state index contributed by atoms with van der Waals surface area (Å²) in [4.78, 5) is 0. The zero-order chi connectivity index (χ0) is 12.9. The Labute approximate surface area is 112 Å². The standard InChI is InChI=1S/C16H15N3/c1-3-7-14(8-4-1)11-12-19-13-16(17-18-19)15-9-5-2-6-10-15/h1-10,13H,11-12H2. The minimum Gasteiger partial charge on any atom is -0.252 e. The van der Waals surface area contributed by atoms with Gasteiger partial charge in [0.25, 0.3) is 0 Å². The molecule has 0 aliphatic heterocycles. The third-order valence-electron chi connectivity index (χ3n) is 3.08. The predicted molar refractivity (Wildman–Crippen MR) is 75.6 cm³/mol. The number of aromatic nitrogens is 3. The first-order chi connectivity index (χ1) is 9.42. The molecule has 1 aromatic heterocycles. The largest absolute Gasteiger partial charge is 0.252 e. The Balaban J connectivity index is 1.69. The first-order valence-electron chi connectivity index (χ1n) is 6.41. The van der Waals surface area contributed by atoms with Crippen LogP contribution in [0.5, 0.6) is 0 Å². The number of rotatable bonds is 4. The van der Waals surface area contributed by atoms with Crippen LogP contribution in [-0.2, 0) is 13.0 Å². The molecular weight excluding hydrogens is 234 g/mol. The fraction of sp³-hybridized carbons (Fsp3) is 0.125. The highest BCUT2D eigenvalue weighted by Crippen LogP contribution is 2.14. The predicted octanol–water partition coefficient (Wildman–Crippen LogP) is 3.19. The molecule has 1 heterocycles. The summed E-state index contributed by atoms with van der Waals surface area (Å²) in [6.07, 6.45) is 2.97. The highest BCUT2D eigenvalue weighted by atomic mass is 15.4. The van der Waals surface area contributed by atoms with Gasteiger partial charge in [-0.15, -0.1) is 5.10 Å². The van der Waals surface area contributed by atoms with E-state index in [2.05, 4.69) is 34.6 Å². The summed E-state index contributed by atoms with van der Waals surface area (Å²) >= 11 is 0. The smallest absolute Gasteiger partial charge is 0.113 e. The molecule has 3 nitrogen and oxygen atoms in total. The van der Waals surface area contributed by atoms with Gasteiger partial charge in [-0.3, -0.25) is 4.68 Å². The van der Waals surface area contributed by atoms with Gasteiger partial charge in [0, 0.05) is 12.1 Å². The summed E-state index contributed by atoms with van der Waals surface area (Å²) in [6, 6.07) is 20.5. The third kappa shape index (κ3) is 2.88. The van der Waals surface area contributed by atoms with Crippen molar-refractivity contribution in [3.8, 4) is 11.3 Å². The summed E-state index contributed by atoms with van der Waals surface area (Å²) in [5.41, 5.74) is 3.35. The van der Waals surface area contributed by atoms with Gasteiger partial charge < -0.3 is 0 Å². The van der Waals surface area contributed by atoms with E-state index in [-0.39, 0.29) is 0 Å². The Morgan fingerprint density at radius 2 is 1.53 bits per heavy atom. The van der Waals surface area contributed by atoms with E-state index < -0.39 is 0 Å². The molecule has 0 radical (unpaired) electrons. The van der Waals surface area contributed by atoms with E-state index in [1.807, 2.05) is 47.3 Å². The molecule has 94 valence electrons. The first kappa shape index (κ1) is 11.7. The van der Waals surface area contributed by atoms with Crippen LogP contribution in [0.2, 0.25) is 0 Å². The number of hydrogen-bond donors (Lipinski definition) is 0. The summed E-state index contributed by atoms with van der Waals surface area (Å²) in [7, 11) is 0. The summed E-state index contributed by atoms with van der Waals surface area (Å²) in [5.74, 6) is 0. The van der Waals surface area contributed by atoms with Crippen LogP contribution in [0.4, 0.5) is 0 Å². The molecule has 19 heavy (non-hydrogen) atoms. The second-order valence-corrected chi connectivity index (χ2v) is 4.47. The maximum Gasteiger partial charge on any atom is 0.113 e. The molecule has 3 heteroatoms. The van der Waals surface area contributed by atoms with Gasteiger partial charge in [-0.05, 0) is 12.0 Å². The Morgan fingerprint density at radius 1 is 0.842 bits per heavy atom. The van der Waals surface area contributed by atoms with Crippen molar-refractivity contribution < 1.29 is 0 Å². The van der Waals surface area contributed by atoms with Crippen LogP contribution >= 0.6 is 0 Å². The lowest BCUT2D eigenvalue weighted by atomic mass is 10.1. The van der Waals surface area contributed by atoms with Gasteiger partial charge in [0.05, 0.1) is 6.20 Å². The van der Waals surface area contributed by atoms with Gasteiger partial charge in [0.15, 0.2) is 0 Å². The van der Waals surface area contributed by atoms with Gasteiger partial charge in [-0.25, -0.2) is 0 Å². The fourth-order valence-corrected chi connectivity index (χ4v) is 2.04. The van der Waals surface area contributed by atoms with Crippen molar-refractivity contribution in [2.24, 2.45) is 0 Å². The monoisotopic (exact) mass is 249 g/mol. The van der Waals surface area contributed by atoms with E-state index in [4.69, 9.17) is 0 Å². The van der Waals surface area contributed by atoms with Gasteiger partial charge in [0.1, 0.15) is 5.69 Å². The van der Waals surface area contributed by atoms with E-state index in [1.165, 1.54) is 5.56 Å². The topological polar surface area (TPSA) is 30.7 Å². The molecule has 2 aromatic carbocycles. The molecule has 3 aromatic rings. The average Bonchev–Trinajstić information content (AvgIpc) is 2.96. The number of hydrogen-bond acceptors (Lipinski definition) is 2. The van der Waals surface area contributed by atoms with Crippen LogP contribution in [0.15, 0.2) is 66.9 Å². The maximum absolute atomic E-state index is 4.21. The number of benzene rings is 2. The lowest BCUT2D eigenvalue weighted by Gasteiger charge is -2.00. The quantitative estimate of drug-likeness (QED) is 0.711. The molecule has 0 fully saturated rings. The second kappa shape index (κ2) is 5.48. The molecular formula is C16H15N3. The first-order valence-corrected chi connectivity index (χ1v) is 6.41. The second-order valence-electron chi connectivity index (χ2n) is 4.47. The summed E-state index contributed by atoms with van der Waals surface area (Å²) in [5, 5.41) is 8.39. The Bertz CT molecular complexity index is 629. The van der Waals surface area contributed by atoms with Crippen LogP contribution in [0, 0.1) is 0 Å². The molecule has 0 N–H and O–H groups in total. The summed E-state index contributed by atoms with van der Waals surface area (Å²) < 4.78 is 1.90.